The first-order chi connectivity index (χ1) is 9.77. The van der Waals surface area contributed by atoms with Crippen molar-refractivity contribution in [3.8, 4) is 0 Å². The van der Waals surface area contributed by atoms with E-state index in [1.165, 1.54) is 12.1 Å². The van der Waals surface area contributed by atoms with Crippen molar-refractivity contribution in [3.05, 3.63) is 71.6 Å². The van der Waals surface area contributed by atoms with Crippen molar-refractivity contribution in [1.29, 1.82) is 0 Å². The fraction of sp³-hybridized carbons (Fsp3) is 0.125. The molecule has 0 aliphatic rings. The van der Waals surface area contributed by atoms with Crippen molar-refractivity contribution in [3.63, 3.8) is 0 Å². The Hall–Kier alpha value is -2.30. The Kier molecular flexibility index (Phi) is 4.02. The molecule has 0 aliphatic carbocycles. The van der Waals surface area contributed by atoms with Gasteiger partial charge in [0.15, 0.2) is 0 Å². The van der Waals surface area contributed by atoms with Crippen LogP contribution in [0.1, 0.15) is 27.0 Å². The molecule has 1 amide bonds. The van der Waals surface area contributed by atoms with Gasteiger partial charge in [-0.15, -0.1) is 0 Å². The number of alkyl halides is 3. The monoisotopic (exact) mass is 291 g/mol. The van der Waals surface area contributed by atoms with Crippen LogP contribution in [0, 0.1) is 13.8 Å². The average molecular weight is 291 g/mol. The summed E-state index contributed by atoms with van der Waals surface area (Å²) >= 11 is 0. The Morgan fingerprint density at radius 2 is 1.86 bits per heavy atom. The van der Waals surface area contributed by atoms with Gasteiger partial charge in [0.05, 0.1) is 5.56 Å². The zero-order valence-electron chi connectivity index (χ0n) is 11.2. The number of carbonyl (C=O) groups excluding carboxylic acids is 1. The van der Waals surface area contributed by atoms with Gasteiger partial charge in [0, 0.05) is 11.3 Å². The second-order valence-electron chi connectivity index (χ2n) is 4.60. The molecule has 2 rings (SSSR count). The number of halogens is 3. The molecule has 0 fully saturated rings. The largest absolute Gasteiger partial charge is 0.416 e. The van der Waals surface area contributed by atoms with Gasteiger partial charge in [-0.25, -0.2) is 0 Å². The van der Waals surface area contributed by atoms with Crippen molar-refractivity contribution in [2.45, 2.75) is 13.1 Å². The van der Waals surface area contributed by atoms with Crippen molar-refractivity contribution in [2.24, 2.45) is 0 Å². The summed E-state index contributed by atoms with van der Waals surface area (Å²) in [5.41, 5.74) is 0.854. The van der Waals surface area contributed by atoms with Crippen LogP contribution in [-0.2, 0) is 6.18 Å². The van der Waals surface area contributed by atoms with E-state index in [0.29, 0.717) is 11.3 Å². The number of anilines is 1. The molecule has 2 aromatic carbocycles. The predicted molar refractivity (Wildman–Crippen MR) is 74.0 cm³/mol. The van der Waals surface area contributed by atoms with Crippen molar-refractivity contribution >= 4 is 11.6 Å². The summed E-state index contributed by atoms with van der Waals surface area (Å²) in [7, 11) is 0. The lowest BCUT2D eigenvalue weighted by Crippen LogP contribution is -2.14. The van der Waals surface area contributed by atoms with E-state index in [4.69, 9.17) is 6.92 Å². The van der Waals surface area contributed by atoms with Crippen LogP contribution in [0.2, 0.25) is 0 Å². The van der Waals surface area contributed by atoms with Gasteiger partial charge in [-0.3, -0.25) is 4.79 Å². The molecule has 0 atom stereocenters. The second kappa shape index (κ2) is 5.60. The van der Waals surface area contributed by atoms with Gasteiger partial charge in [-0.05, 0) is 55.3 Å². The first kappa shape index (κ1) is 15.1. The highest BCUT2D eigenvalue weighted by atomic mass is 19.4. The van der Waals surface area contributed by atoms with Gasteiger partial charge in [0.25, 0.3) is 5.91 Å². The molecule has 2 aromatic rings. The van der Waals surface area contributed by atoms with Crippen molar-refractivity contribution in [1.82, 2.24) is 0 Å². The molecule has 1 N–H and O–H groups in total. The second-order valence-corrected chi connectivity index (χ2v) is 4.60. The quantitative estimate of drug-likeness (QED) is 0.877. The number of hydrogen-bond acceptors (Lipinski definition) is 1. The number of amides is 1. The van der Waals surface area contributed by atoms with E-state index in [-0.39, 0.29) is 5.56 Å². The average Bonchev–Trinajstić information content (AvgIpc) is 2.42. The third kappa shape index (κ3) is 3.62. The van der Waals surface area contributed by atoms with E-state index >= 15 is 0 Å². The lowest BCUT2D eigenvalue weighted by Gasteiger charge is -2.10. The normalized spacial score (nSPS) is 11.3. The molecule has 0 spiro atoms. The zero-order chi connectivity index (χ0) is 15.6. The Balaban J connectivity index is 2.22. The van der Waals surface area contributed by atoms with Crippen LogP contribution in [0.3, 0.4) is 0 Å². The maximum atomic E-state index is 12.6. The molecular weight excluding hydrogens is 279 g/mol. The standard InChI is InChI=1S/C16H12F3NO/c1-10-6-7-14(8-11(10)2)20-15(21)12-4-3-5-13(9-12)16(17,18)19/h2-9H,1H3,(H,20,21). The van der Waals surface area contributed by atoms with Crippen LogP contribution in [-0.4, -0.2) is 5.91 Å². The lowest BCUT2D eigenvalue weighted by molar-refractivity contribution is -0.137. The summed E-state index contributed by atoms with van der Waals surface area (Å²) in [4.78, 5) is 12.0. The topological polar surface area (TPSA) is 29.1 Å². The summed E-state index contributed by atoms with van der Waals surface area (Å²) in [6.07, 6.45) is -4.48. The van der Waals surface area contributed by atoms with Crippen LogP contribution in [0.15, 0.2) is 42.5 Å². The minimum absolute atomic E-state index is 0.0658. The third-order valence-electron chi connectivity index (χ3n) is 2.99. The van der Waals surface area contributed by atoms with Crippen LogP contribution >= 0.6 is 0 Å². The van der Waals surface area contributed by atoms with Gasteiger partial charge >= 0.3 is 6.18 Å². The first-order valence-electron chi connectivity index (χ1n) is 6.12. The summed E-state index contributed by atoms with van der Waals surface area (Å²) in [5, 5.41) is 2.52. The minimum atomic E-state index is -4.48. The lowest BCUT2D eigenvalue weighted by atomic mass is 10.1. The van der Waals surface area contributed by atoms with E-state index in [9.17, 15) is 18.0 Å². The van der Waals surface area contributed by atoms with Gasteiger partial charge in [0.2, 0.25) is 0 Å². The molecule has 2 radical (unpaired) electrons. The van der Waals surface area contributed by atoms with E-state index in [0.717, 1.165) is 17.7 Å². The van der Waals surface area contributed by atoms with Gasteiger partial charge in [0.1, 0.15) is 0 Å². The highest BCUT2D eigenvalue weighted by molar-refractivity contribution is 6.04. The number of aryl methyl sites for hydroxylation is 1. The molecule has 5 heteroatoms. The van der Waals surface area contributed by atoms with Gasteiger partial charge in [-0.2, -0.15) is 13.2 Å². The van der Waals surface area contributed by atoms with E-state index in [2.05, 4.69) is 5.32 Å². The van der Waals surface area contributed by atoms with Crippen LogP contribution in [0.4, 0.5) is 18.9 Å². The van der Waals surface area contributed by atoms with Crippen LogP contribution in [0.5, 0.6) is 0 Å². The highest BCUT2D eigenvalue weighted by Crippen LogP contribution is 2.29. The molecule has 0 saturated carbocycles. The van der Waals surface area contributed by atoms with Crippen LogP contribution in [0.25, 0.3) is 0 Å². The minimum Gasteiger partial charge on any atom is -0.322 e. The third-order valence-corrected chi connectivity index (χ3v) is 2.99. The molecule has 0 aliphatic heterocycles. The number of nitrogens with one attached hydrogen (secondary N) is 1. The predicted octanol–water partition coefficient (Wildman–Crippen LogP) is 4.33. The maximum Gasteiger partial charge on any atom is 0.416 e. The van der Waals surface area contributed by atoms with Crippen LogP contribution < -0.4 is 5.32 Å². The summed E-state index contributed by atoms with van der Waals surface area (Å²) in [5.74, 6) is -0.621. The number of benzene rings is 2. The molecule has 21 heavy (non-hydrogen) atoms. The summed E-state index contributed by atoms with van der Waals surface area (Å²) < 4.78 is 37.8. The Morgan fingerprint density at radius 3 is 2.48 bits per heavy atom. The SMILES string of the molecule is [CH]c1cc(NC(=O)c2cccc(C(F)(F)F)c2)ccc1C. The number of rotatable bonds is 2. The first-order valence-corrected chi connectivity index (χ1v) is 6.12. The fourth-order valence-electron chi connectivity index (χ4n) is 1.76. The molecule has 0 unspecified atom stereocenters. The van der Waals surface area contributed by atoms with E-state index < -0.39 is 17.6 Å². The van der Waals surface area contributed by atoms with Gasteiger partial charge < -0.3 is 5.32 Å². The number of hydrogen-bond donors (Lipinski definition) is 1. The number of carbonyl (C=O) groups is 1. The molecular formula is C16H12F3NO. The molecule has 0 heterocycles. The Morgan fingerprint density at radius 1 is 1.14 bits per heavy atom. The van der Waals surface area contributed by atoms with Crippen molar-refractivity contribution in [2.75, 3.05) is 5.32 Å². The van der Waals surface area contributed by atoms with Crippen molar-refractivity contribution < 1.29 is 18.0 Å². The van der Waals surface area contributed by atoms with E-state index in [1.807, 2.05) is 6.92 Å². The maximum absolute atomic E-state index is 12.6. The smallest absolute Gasteiger partial charge is 0.322 e. The van der Waals surface area contributed by atoms with E-state index in [1.54, 1.807) is 18.2 Å². The Bertz CT molecular complexity index is 677. The Labute approximate surface area is 120 Å². The fourth-order valence-corrected chi connectivity index (χ4v) is 1.76. The summed E-state index contributed by atoms with van der Waals surface area (Å²) in [6.45, 7) is 7.53. The highest BCUT2D eigenvalue weighted by Gasteiger charge is 2.30. The molecule has 2 nitrogen and oxygen atoms in total. The summed E-state index contributed by atoms with van der Waals surface area (Å²) in [6, 6.07) is 9.16. The molecule has 0 saturated heterocycles. The van der Waals surface area contributed by atoms with Gasteiger partial charge in [-0.1, -0.05) is 12.1 Å². The molecule has 0 bridgehead atoms. The zero-order valence-corrected chi connectivity index (χ0v) is 11.2. The molecule has 108 valence electrons. The molecule has 0 aromatic heterocycles.